The van der Waals surface area contributed by atoms with E-state index in [1.807, 2.05) is 78.7 Å². The maximum absolute atomic E-state index is 13.6. The van der Waals surface area contributed by atoms with Crippen LogP contribution < -0.4 is 4.90 Å². The van der Waals surface area contributed by atoms with E-state index in [9.17, 15) is 4.79 Å². The molecule has 172 valence electrons. The lowest BCUT2D eigenvalue weighted by atomic mass is 9.82. The second kappa shape index (κ2) is 9.64. The van der Waals surface area contributed by atoms with E-state index in [-0.39, 0.29) is 11.9 Å². The molecule has 3 heterocycles. The standard InChI is InChI=1S/C29H30N4O/c1-3-4-10-21(2)24-13-8-9-14-25(24)28(34)32-18-16-23-19-33(27(23)20-32)29-30-17-15-26(31-29)22-11-6-5-7-12-22/h3-15,17,23,27H,16,18-20H2,1-2H3. The summed E-state index contributed by atoms with van der Waals surface area (Å²) in [6, 6.07) is 20.3. The maximum atomic E-state index is 13.6. The number of fused-ring (bicyclic) bond motifs is 1. The molecule has 2 fully saturated rings. The minimum Gasteiger partial charge on any atom is -0.337 e. The highest BCUT2D eigenvalue weighted by Crippen LogP contribution is 2.36. The predicted octanol–water partition coefficient (Wildman–Crippen LogP) is 5.47. The van der Waals surface area contributed by atoms with Crippen molar-refractivity contribution in [3.63, 3.8) is 0 Å². The second-order valence-electron chi connectivity index (χ2n) is 9.05. The Labute approximate surface area is 201 Å². The number of likely N-dealkylation sites (tertiary alicyclic amines) is 1. The van der Waals surface area contributed by atoms with Crippen molar-refractivity contribution in [2.45, 2.75) is 26.3 Å². The second-order valence-corrected chi connectivity index (χ2v) is 9.05. The van der Waals surface area contributed by atoms with Gasteiger partial charge in [0.2, 0.25) is 5.95 Å². The van der Waals surface area contributed by atoms with Gasteiger partial charge in [0.05, 0.1) is 11.7 Å². The van der Waals surface area contributed by atoms with Crippen LogP contribution in [0.1, 0.15) is 36.2 Å². The lowest BCUT2D eigenvalue weighted by Crippen LogP contribution is -2.65. The molecule has 2 aliphatic heterocycles. The highest BCUT2D eigenvalue weighted by Gasteiger charge is 2.45. The van der Waals surface area contributed by atoms with Crippen molar-refractivity contribution in [3.05, 3.63) is 96.2 Å². The summed E-state index contributed by atoms with van der Waals surface area (Å²) in [5, 5.41) is 0. The summed E-state index contributed by atoms with van der Waals surface area (Å²) >= 11 is 0. The van der Waals surface area contributed by atoms with E-state index in [0.29, 0.717) is 12.5 Å². The van der Waals surface area contributed by atoms with Gasteiger partial charge in [-0.15, -0.1) is 0 Å². The molecular weight excluding hydrogens is 420 g/mol. The summed E-state index contributed by atoms with van der Waals surface area (Å²) in [6.07, 6.45) is 8.92. The Morgan fingerprint density at radius 2 is 1.76 bits per heavy atom. The first-order valence-corrected chi connectivity index (χ1v) is 12.0. The van der Waals surface area contributed by atoms with Crippen molar-refractivity contribution >= 4 is 17.4 Å². The van der Waals surface area contributed by atoms with E-state index >= 15 is 0 Å². The van der Waals surface area contributed by atoms with E-state index in [2.05, 4.69) is 35.0 Å². The highest BCUT2D eigenvalue weighted by atomic mass is 16.2. The third-order valence-electron chi connectivity index (χ3n) is 6.93. The molecule has 2 aromatic carbocycles. The third-order valence-corrected chi connectivity index (χ3v) is 6.93. The molecule has 0 aliphatic carbocycles. The van der Waals surface area contributed by atoms with E-state index < -0.39 is 0 Å². The molecule has 2 unspecified atom stereocenters. The van der Waals surface area contributed by atoms with Crippen molar-refractivity contribution in [2.75, 3.05) is 24.5 Å². The zero-order valence-corrected chi connectivity index (χ0v) is 19.8. The summed E-state index contributed by atoms with van der Waals surface area (Å²) in [7, 11) is 0. The molecule has 34 heavy (non-hydrogen) atoms. The number of nitrogens with zero attached hydrogens (tertiary/aromatic N) is 4. The number of anilines is 1. The molecule has 1 amide bonds. The third kappa shape index (κ3) is 4.26. The molecule has 0 spiro atoms. The smallest absolute Gasteiger partial charge is 0.254 e. The lowest BCUT2D eigenvalue weighted by Gasteiger charge is -2.53. The van der Waals surface area contributed by atoms with Crippen LogP contribution in [0.5, 0.6) is 0 Å². The van der Waals surface area contributed by atoms with Gasteiger partial charge in [0.25, 0.3) is 5.91 Å². The number of carbonyl (C=O) groups is 1. The molecule has 5 rings (SSSR count). The Morgan fingerprint density at radius 1 is 1.00 bits per heavy atom. The van der Waals surface area contributed by atoms with Gasteiger partial charge >= 0.3 is 0 Å². The topological polar surface area (TPSA) is 49.3 Å². The van der Waals surface area contributed by atoms with Crippen LogP contribution in [-0.2, 0) is 0 Å². The van der Waals surface area contributed by atoms with Crippen LogP contribution in [0.3, 0.4) is 0 Å². The SMILES string of the molecule is CC=CC=C(C)c1ccccc1C(=O)N1CCC2CN(c3nccc(-c4ccccc4)n3)C2C1. The van der Waals surface area contributed by atoms with Crippen LogP contribution in [0.4, 0.5) is 5.95 Å². The number of hydrogen-bond donors (Lipinski definition) is 0. The van der Waals surface area contributed by atoms with Crippen molar-refractivity contribution in [1.82, 2.24) is 14.9 Å². The predicted molar refractivity (Wildman–Crippen MR) is 138 cm³/mol. The number of rotatable bonds is 5. The largest absolute Gasteiger partial charge is 0.337 e. The fourth-order valence-corrected chi connectivity index (χ4v) is 4.98. The molecule has 5 nitrogen and oxygen atoms in total. The van der Waals surface area contributed by atoms with Gasteiger partial charge in [-0.1, -0.05) is 66.8 Å². The van der Waals surface area contributed by atoms with Gasteiger partial charge in [0, 0.05) is 42.9 Å². The van der Waals surface area contributed by atoms with Crippen LogP contribution in [0.15, 0.2) is 85.1 Å². The van der Waals surface area contributed by atoms with Crippen LogP contribution in [0, 0.1) is 5.92 Å². The van der Waals surface area contributed by atoms with Gasteiger partial charge in [-0.25, -0.2) is 9.97 Å². The Morgan fingerprint density at radius 3 is 2.56 bits per heavy atom. The van der Waals surface area contributed by atoms with E-state index in [4.69, 9.17) is 4.98 Å². The molecule has 0 N–H and O–H groups in total. The number of hydrogen-bond acceptors (Lipinski definition) is 4. The van der Waals surface area contributed by atoms with Crippen LogP contribution in [0.2, 0.25) is 0 Å². The number of piperidine rings is 1. The molecule has 5 heteroatoms. The van der Waals surface area contributed by atoms with Gasteiger partial charge in [0.1, 0.15) is 0 Å². The molecule has 2 aliphatic rings. The van der Waals surface area contributed by atoms with E-state index in [0.717, 1.165) is 53.4 Å². The number of aromatic nitrogens is 2. The van der Waals surface area contributed by atoms with Gasteiger partial charge in [0.15, 0.2) is 0 Å². The number of amides is 1. The first kappa shape index (κ1) is 22.1. The summed E-state index contributed by atoms with van der Waals surface area (Å²) in [5.41, 5.74) is 4.87. The summed E-state index contributed by atoms with van der Waals surface area (Å²) in [4.78, 5) is 27.3. The van der Waals surface area contributed by atoms with Crippen molar-refractivity contribution < 1.29 is 4.79 Å². The molecule has 0 saturated carbocycles. The average molecular weight is 451 g/mol. The normalized spacial score (nSPS) is 20.2. The van der Waals surface area contributed by atoms with Crippen LogP contribution in [0.25, 0.3) is 16.8 Å². The summed E-state index contributed by atoms with van der Waals surface area (Å²) in [6.45, 7) is 6.50. The molecule has 0 radical (unpaired) electrons. The molecule has 0 bridgehead atoms. The Hall–Kier alpha value is -3.73. The van der Waals surface area contributed by atoms with Gasteiger partial charge < -0.3 is 9.80 Å². The fourth-order valence-electron chi connectivity index (χ4n) is 4.98. The number of carbonyl (C=O) groups excluding carboxylic acids is 1. The van der Waals surface area contributed by atoms with Gasteiger partial charge in [-0.3, -0.25) is 4.79 Å². The van der Waals surface area contributed by atoms with Crippen molar-refractivity contribution in [2.24, 2.45) is 5.92 Å². The van der Waals surface area contributed by atoms with E-state index in [1.165, 1.54) is 0 Å². The monoisotopic (exact) mass is 450 g/mol. The molecule has 3 aromatic rings. The fraction of sp³-hybridized carbons (Fsp3) is 0.276. The minimum atomic E-state index is 0.105. The quantitative estimate of drug-likeness (QED) is 0.484. The van der Waals surface area contributed by atoms with Gasteiger partial charge in [-0.2, -0.15) is 0 Å². The minimum absolute atomic E-state index is 0.105. The summed E-state index contributed by atoms with van der Waals surface area (Å²) < 4.78 is 0. The average Bonchev–Trinajstić information content (AvgIpc) is 2.88. The first-order valence-electron chi connectivity index (χ1n) is 12.0. The Balaban J connectivity index is 1.35. The van der Waals surface area contributed by atoms with Crippen molar-refractivity contribution in [1.29, 1.82) is 0 Å². The van der Waals surface area contributed by atoms with Crippen LogP contribution >= 0.6 is 0 Å². The highest BCUT2D eigenvalue weighted by molar-refractivity contribution is 5.99. The summed E-state index contributed by atoms with van der Waals surface area (Å²) in [5.74, 6) is 1.44. The molecule has 1 aromatic heterocycles. The first-order chi connectivity index (χ1) is 16.7. The molecular formula is C29H30N4O. The molecule has 2 atom stereocenters. The van der Waals surface area contributed by atoms with E-state index in [1.54, 1.807) is 0 Å². The zero-order valence-electron chi connectivity index (χ0n) is 19.8. The Bertz CT molecular complexity index is 1230. The Kier molecular flexibility index (Phi) is 6.26. The number of benzene rings is 2. The molecule has 2 saturated heterocycles. The zero-order chi connectivity index (χ0) is 23.5. The lowest BCUT2D eigenvalue weighted by molar-refractivity contribution is 0.0589. The maximum Gasteiger partial charge on any atom is 0.254 e. The van der Waals surface area contributed by atoms with Crippen LogP contribution in [-0.4, -0.2) is 46.5 Å². The van der Waals surface area contributed by atoms with Crippen molar-refractivity contribution in [3.8, 4) is 11.3 Å². The number of allylic oxidation sites excluding steroid dienone is 4. The van der Waals surface area contributed by atoms with Gasteiger partial charge in [-0.05, 0) is 43.5 Å².